The molecular weight excluding hydrogens is 578 g/mol. The number of hydrogen-bond acceptors (Lipinski definition) is 6. The summed E-state index contributed by atoms with van der Waals surface area (Å²) in [5, 5.41) is 9.00. The summed E-state index contributed by atoms with van der Waals surface area (Å²) in [5.41, 5.74) is 1.78. The Bertz CT molecular complexity index is 1460. The first kappa shape index (κ1) is 32.6. The molecule has 44 heavy (non-hydrogen) atoms. The Balaban J connectivity index is 0.000000262. The fourth-order valence-corrected chi connectivity index (χ4v) is 5.76. The van der Waals surface area contributed by atoms with Gasteiger partial charge in [0.2, 0.25) is 5.91 Å². The van der Waals surface area contributed by atoms with E-state index in [-0.39, 0.29) is 41.8 Å². The first-order valence-electron chi connectivity index (χ1n) is 14.2. The van der Waals surface area contributed by atoms with Crippen LogP contribution in [0.3, 0.4) is 0 Å². The molecule has 0 spiro atoms. The van der Waals surface area contributed by atoms with Crippen LogP contribution in [0.15, 0.2) is 71.5 Å². The van der Waals surface area contributed by atoms with E-state index in [1.807, 2.05) is 19.5 Å². The van der Waals surface area contributed by atoms with Crippen molar-refractivity contribution in [1.29, 1.82) is 0 Å². The maximum absolute atomic E-state index is 14.6. The molecule has 3 heterocycles. The first-order valence-corrected chi connectivity index (χ1v) is 14.2. The van der Waals surface area contributed by atoms with Crippen molar-refractivity contribution in [2.24, 2.45) is 16.8 Å². The number of nitrogens with one attached hydrogen (secondary N) is 3. The maximum atomic E-state index is 14.6. The number of fused-ring (bicyclic) bond motifs is 4. The maximum Gasteiger partial charge on any atom is 0.299 e. The minimum atomic E-state index is -3.14. The number of likely N-dealkylation sites (N-methyl/N-ethyl adjacent to an activating group) is 1. The topological polar surface area (TPSA) is 103 Å². The number of carbonyl (C=O) groups is 3. The predicted molar refractivity (Wildman–Crippen MR) is 160 cm³/mol. The van der Waals surface area contributed by atoms with Gasteiger partial charge in [0.25, 0.3) is 11.8 Å². The highest BCUT2D eigenvalue weighted by Gasteiger charge is 2.44. The normalized spacial score (nSPS) is 23.0. The van der Waals surface area contributed by atoms with Crippen molar-refractivity contribution in [2.75, 3.05) is 40.5 Å². The Morgan fingerprint density at radius 2 is 1.89 bits per heavy atom. The Morgan fingerprint density at radius 1 is 1.14 bits per heavy atom. The molecule has 4 unspecified atom stereocenters. The van der Waals surface area contributed by atoms with E-state index in [4.69, 9.17) is 0 Å². The molecule has 4 aliphatic rings. The van der Waals surface area contributed by atoms with Crippen LogP contribution in [0.4, 0.5) is 17.6 Å². The highest BCUT2D eigenvalue weighted by Crippen LogP contribution is 2.50. The van der Waals surface area contributed by atoms with Crippen LogP contribution in [0, 0.1) is 11.8 Å². The fourth-order valence-electron chi connectivity index (χ4n) is 5.76. The molecule has 2 aromatic carbocycles. The second-order valence-electron chi connectivity index (χ2n) is 10.7. The first-order chi connectivity index (χ1) is 21.3. The monoisotopic (exact) mass is 613 g/mol. The number of benzene rings is 2. The van der Waals surface area contributed by atoms with Gasteiger partial charge in [-0.2, -0.15) is 8.78 Å². The van der Waals surface area contributed by atoms with Crippen molar-refractivity contribution in [3.05, 3.63) is 83.2 Å². The Hall–Kier alpha value is -4.32. The van der Waals surface area contributed by atoms with Crippen LogP contribution < -0.4 is 16.0 Å². The molecule has 0 aromatic heterocycles. The molecule has 2 amide bonds. The molecule has 6 rings (SSSR count). The average molecular weight is 614 g/mol. The highest BCUT2D eigenvalue weighted by molar-refractivity contribution is 5.98. The molecule has 2 aromatic rings. The number of aldehydes is 1. The number of likely N-dealkylation sites (tertiary alicyclic amines) is 1. The second-order valence-corrected chi connectivity index (χ2v) is 10.7. The van der Waals surface area contributed by atoms with Gasteiger partial charge in [-0.25, -0.2) is 0 Å². The summed E-state index contributed by atoms with van der Waals surface area (Å²) in [5.74, 6) is -4.16. The van der Waals surface area contributed by atoms with Crippen LogP contribution in [0.5, 0.6) is 0 Å². The summed E-state index contributed by atoms with van der Waals surface area (Å²) in [7, 11) is 2.45. The van der Waals surface area contributed by atoms with Gasteiger partial charge in [0.1, 0.15) is 6.29 Å². The lowest BCUT2D eigenvalue weighted by atomic mass is 10.0. The molecule has 3 N–H and O–H groups in total. The van der Waals surface area contributed by atoms with Gasteiger partial charge < -0.3 is 25.6 Å². The van der Waals surface area contributed by atoms with Gasteiger partial charge in [-0.1, -0.05) is 36.4 Å². The molecule has 1 fully saturated rings. The molecule has 4 atom stereocenters. The zero-order chi connectivity index (χ0) is 31.9. The van der Waals surface area contributed by atoms with E-state index in [1.54, 1.807) is 12.1 Å². The van der Waals surface area contributed by atoms with Crippen LogP contribution in [-0.4, -0.2) is 81.8 Å². The largest absolute Gasteiger partial charge is 0.380 e. The third-order valence-electron chi connectivity index (χ3n) is 7.87. The molecule has 1 aliphatic carbocycles. The lowest BCUT2D eigenvalue weighted by Crippen LogP contribution is -2.43. The van der Waals surface area contributed by atoms with Crippen LogP contribution >= 0.6 is 0 Å². The van der Waals surface area contributed by atoms with Gasteiger partial charge in [-0.3, -0.25) is 23.4 Å². The summed E-state index contributed by atoms with van der Waals surface area (Å²) >= 11 is 0. The van der Waals surface area contributed by atoms with E-state index < -0.39 is 36.4 Å². The molecule has 12 heteroatoms. The number of amides is 2. The minimum Gasteiger partial charge on any atom is -0.380 e. The minimum absolute atomic E-state index is 0.107. The van der Waals surface area contributed by atoms with E-state index in [1.165, 1.54) is 40.9 Å². The van der Waals surface area contributed by atoms with Gasteiger partial charge >= 0.3 is 0 Å². The number of hydrogen-bond donors (Lipinski definition) is 3. The summed E-state index contributed by atoms with van der Waals surface area (Å²) in [4.78, 5) is 41.4. The van der Waals surface area contributed by atoms with Crippen molar-refractivity contribution in [2.45, 2.75) is 24.4 Å². The Kier molecular flexibility index (Phi) is 10.7. The third-order valence-corrected chi connectivity index (χ3v) is 7.87. The van der Waals surface area contributed by atoms with Crippen LogP contribution in [0.2, 0.25) is 0 Å². The number of carbonyl (C=O) groups excluding carboxylic acids is 3. The predicted octanol–water partition coefficient (Wildman–Crippen LogP) is 3.78. The van der Waals surface area contributed by atoms with E-state index >= 15 is 0 Å². The van der Waals surface area contributed by atoms with E-state index in [2.05, 4.69) is 33.1 Å². The molecular formula is C32H35F4N5O3. The van der Waals surface area contributed by atoms with Crippen molar-refractivity contribution < 1.29 is 31.9 Å². The molecule has 0 radical (unpaired) electrons. The summed E-state index contributed by atoms with van der Waals surface area (Å²) in [6, 6.07) is 9.77. The van der Waals surface area contributed by atoms with Gasteiger partial charge in [-0.05, 0) is 42.8 Å². The van der Waals surface area contributed by atoms with Crippen molar-refractivity contribution in [3.63, 3.8) is 0 Å². The van der Waals surface area contributed by atoms with Gasteiger partial charge in [0, 0.05) is 59.7 Å². The molecule has 0 bridgehead atoms. The molecule has 3 aliphatic heterocycles. The van der Waals surface area contributed by atoms with Gasteiger partial charge in [0.05, 0.1) is 32.5 Å². The summed E-state index contributed by atoms with van der Waals surface area (Å²) in [6.45, 7) is 0.0434. The van der Waals surface area contributed by atoms with Crippen LogP contribution in [-0.2, 0) is 15.5 Å². The highest BCUT2D eigenvalue weighted by atomic mass is 19.3. The smallest absolute Gasteiger partial charge is 0.299 e. The van der Waals surface area contributed by atoms with E-state index in [0.717, 1.165) is 6.54 Å². The second kappa shape index (κ2) is 14.4. The number of rotatable bonds is 7. The van der Waals surface area contributed by atoms with E-state index in [9.17, 15) is 31.9 Å². The van der Waals surface area contributed by atoms with Crippen molar-refractivity contribution in [1.82, 2.24) is 20.9 Å². The average Bonchev–Trinajstić information content (AvgIpc) is 3.73. The van der Waals surface area contributed by atoms with Gasteiger partial charge in [-0.15, -0.1) is 0 Å². The molecule has 1 saturated heterocycles. The Labute approximate surface area is 253 Å². The number of alkyl halides is 4. The van der Waals surface area contributed by atoms with Crippen molar-refractivity contribution >= 4 is 24.3 Å². The number of nitrogens with zero attached hydrogens (tertiary/aromatic N) is 2. The number of aliphatic imine (C=N–C) groups is 1. The van der Waals surface area contributed by atoms with Crippen LogP contribution in [0.1, 0.15) is 27.9 Å². The lowest BCUT2D eigenvalue weighted by Gasteiger charge is -2.20. The Morgan fingerprint density at radius 3 is 2.59 bits per heavy atom. The fraction of sp³-hybridized carbons (Fsp3) is 0.375. The molecule has 8 nitrogen and oxygen atoms in total. The van der Waals surface area contributed by atoms with Crippen LogP contribution in [0.25, 0.3) is 11.1 Å². The molecule has 0 saturated carbocycles. The quantitative estimate of drug-likeness (QED) is 0.326. The summed E-state index contributed by atoms with van der Waals surface area (Å²) in [6.07, 6.45) is 9.04. The van der Waals surface area contributed by atoms with E-state index in [0.29, 0.717) is 31.0 Å². The third kappa shape index (κ3) is 6.75. The summed E-state index contributed by atoms with van der Waals surface area (Å²) < 4.78 is 51.6. The SMILES string of the molecule is CF.CNCC1=CC2C=NC=CC2N1.O=CC1CC(CF)CN1C(=O)CNC(=O)c1ccc2c(c1)-c1ccccc1C2(F)F. The standard InChI is InChI=1S/C22H19F3N2O3.C9H13N3.CH3F/c23-9-13-7-15(12-28)27(11-13)20(29)10-26-21(30)14-5-6-19-17(8-14)16-3-1-2-4-18(16)22(19,24)25;1-10-6-8-4-7-5-11-3-2-9(7)12-8;1-2/h1-6,8,12-13,15H,7,9-11H2,(H,26,30);2-5,7,9-10,12H,6H2,1H3;1H3. The zero-order valence-electron chi connectivity index (χ0n) is 24.4. The zero-order valence-corrected chi connectivity index (χ0v) is 24.4. The lowest BCUT2D eigenvalue weighted by molar-refractivity contribution is -0.133. The van der Waals surface area contributed by atoms with Gasteiger partial charge in [0.15, 0.2) is 0 Å². The van der Waals surface area contributed by atoms with Crippen molar-refractivity contribution in [3.8, 4) is 11.1 Å². The number of halogens is 4. The molecule has 234 valence electrons.